The minimum Gasteiger partial charge on any atom is -0.385 e. The fraction of sp³-hybridized carbons (Fsp3) is 0.250. The summed E-state index contributed by atoms with van der Waals surface area (Å²) in [4.78, 5) is 38.4. The fourth-order valence-electron chi connectivity index (χ4n) is 2.88. The lowest BCUT2D eigenvalue weighted by Gasteiger charge is -2.12. The van der Waals surface area contributed by atoms with Gasteiger partial charge in [0.15, 0.2) is 0 Å². The molecule has 0 aliphatic carbocycles. The Morgan fingerprint density at radius 3 is 2.56 bits per heavy atom. The molecule has 6 nitrogen and oxygen atoms in total. The Balaban J connectivity index is 1.78. The fourth-order valence-corrected chi connectivity index (χ4v) is 2.88. The minimum absolute atomic E-state index is 0.195. The van der Waals surface area contributed by atoms with E-state index in [1.54, 1.807) is 26.2 Å². The number of fused-ring (bicyclic) bond motifs is 1. The van der Waals surface area contributed by atoms with E-state index in [1.165, 1.54) is 24.3 Å². The highest BCUT2D eigenvalue weighted by molar-refractivity contribution is 6.22. The SMILES string of the molecule is COCCCN1C(=O)c2ccc(C(=O)Nc3ccc(C)c(F)c3)cc2C1=O. The van der Waals surface area contributed by atoms with Crippen LogP contribution in [0.4, 0.5) is 10.1 Å². The van der Waals surface area contributed by atoms with E-state index in [-0.39, 0.29) is 29.1 Å². The number of aryl methyl sites for hydroxylation is 1. The monoisotopic (exact) mass is 370 g/mol. The molecule has 0 spiro atoms. The van der Waals surface area contributed by atoms with Crippen molar-refractivity contribution in [3.63, 3.8) is 0 Å². The number of halogens is 1. The molecule has 1 N–H and O–H groups in total. The molecule has 1 aliphatic rings. The Bertz CT molecular complexity index is 926. The van der Waals surface area contributed by atoms with Crippen LogP contribution in [0.3, 0.4) is 0 Å². The average Bonchev–Trinajstić information content (AvgIpc) is 2.89. The first-order valence-electron chi connectivity index (χ1n) is 8.49. The second kappa shape index (κ2) is 7.67. The molecule has 3 amide bonds. The molecule has 7 heteroatoms. The molecule has 0 fully saturated rings. The van der Waals surface area contributed by atoms with Crippen molar-refractivity contribution in [3.05, 3.63) is 64.5 Å². The summed E-state index contributed by atoms with van der Waals surface area (Å²) in [5.74, 6) is -1.71. The molecule has 0 bridgehead atoms. The van der Waals surface area contributed by atoms with Crippen LogP contribution < -0.4 is 5.32 Å². The molecular formula is C20H19FN2O4. The van der Waals surface area contributed by atoms with Crippen LogP contribution in [0.5, 0.6) is 0 Å². The second-order valence-electron chi connectivity index (χ2n) is 6.29. The molecule has 0 aromatic heterocycles. The van der Waals surface area contributed by atoms with Crippen LogP contribution in [-0.4, -0.2) is 42.9 Å². The van der Waals surface area contributed by atoms with E-state index >= 15 is 0 Å². The van der Waals surface area contributed by atoms with Gasteiger partial charge in [0.05, 0.1) is 11.1 Å². The molecule has 0 unspecified atom stereocenters. The maximum Gasteiger partial charge on any atom is 0.261 e. The summed E-state index contributed by atoms with van der Waals surface area (Å²) in [6.45, 7) is 2.32. The summed E-state index contributed by atoms with van der Waals surface area (Å²) < 4.78 is 18.6. The van der Waals surface area contributed by atoms with Gasteiger partial charge in [-0.25, -0.2) is 4.39 Å². The summed E-state index contributed by atoms with van der Waals surface area (Å²) >= 11 is 0. The molecule has 2 aromatic carbocycles. The van der Waals surface area contributed by atoms with Crippen LogP contribution >= 0.6 is 0 Å². The molecule has 3 rings (SSSR count). The van der Waals surface area contributed by atoms with Gasteiger partial charge in [0, 0.05) is 31.5 Å². The minimum atomic E-state index is -0.487. The largest absolute Gasteiger partial charge is 0.385 e. The molecule has 0 saturated heterocycles. The molecule has 0 radical (unpaired) electrons. The van der Waals surface area contributed by atoms with Gasteiger partial charge in [-0.3, -0.25) is 19.3 Å². The Morgan fingerprint density at radius 1 is 1.11 bits per heavy atom. The van der Waals surface area contributed by atoms with Gasteiger partial charge in [-0.05, 0) is 49.2 Å². The number of methoxy groups -OCH3 is 1. The van der Waals surface area contributed by atoms with Crippen molar-refractivity contribution < 1.29 is 23.5 Å². The molecule has 140 valence electrons. The van der Waals surface area contributed by atoms with Gasteiger partial charge >= 0.3 is 0 Å². The summed E-state index contributed by atoms with van der Waals surface area (Å²) in [5, 5.41) is 2.59. The summed E-state index contributed by atoms with van der Waals surface area (Å²) in [7, 11) is 1.55. The number of rotatable bonds is 6. The van der Waals surface area contributed by atoms with E-state index in [9.17, 15) is 18.8 Å². The quantitative estimate of drug-likeness (QED) is 0.626. The van der Waals surface area contributed by atoms with Crippen molar-refractivity contribution in [3.8, 4) is 0 Å². The lowest BCUT2D eigenvalue weighted by atomic mass is 10.1. The number of benzene rings is 2. The van der Waals surface area contributed by atoms with Crippen molar-refractivity contribution in [2.45, 2.75) is 13.3 Å². The Hall–Kier alpha value is -3.06. The number of nitrogens with one attached hydrogen (secondary N) is 1. The van der Waals surface area contributed by atoms with Crippen molar-refractivity contribution in [2.24, 2.45) is 0 Å². The Kier molecular flexibility index (Phi) is 5.32. The Labute approximate surface area is 155 Å². The molecule has 0 atom stereocenters. The number of anilines is 1. The van der Waals surface area contributed by atoms with Gasteiger partial charge < -0.3 is 10.1 Å². The number of hydrogen-bond donors (Lipinski definition) is 1. The highest BCUT2D eigenvalue weighted by Crippen LogP contribution is 2.25. The summed E-state index contributed by atoms with van der Waals surface area (Å²) in [6.07, 6.45) is 0.536. The van der Waals surface area contributed by atoms with Gasteiger partial charge in [0.1, 0.15) is 5.82 Å². The van der Waals surface area contributed by atoms with Gasteiger partial charge in [-0.2, -0.15) is 0 Å². The number of imide groups is 1. The standard InChI is InChI=1S/C20H19FN2O4/c1-12-4-6-14(11-17(12)21)22-18(24)13-5-7-15-16(10-13)20(26)23(19(15)25)8-3-9-27-2/h4-7,10-11H,3,8-9H2,1-2H3,(H,22,24). The first-order valence-corrected chi connectivity index (χ1v) is 8.49. The molecular weight excluding hydrogens is 351 g/mol. The number of amides is 3. The van der Waals surface area contributed by atoms with Gasteiger partial charge in [0.2, 0.25) is 0 Å². The number of nitrogens with zero attached hydrogens (tertiary/aromatic N) is 1. The van der Waals surface area contributed by atoms with E-state index in [0.29, 0.717) is 24.3 Å². The van der Waals surface area contributed by atoms with Gasteiger partial charge in [0.25, 0.3) is 17.7 Å². The van der Waals surface area contributed by atoms with Crippen LogP contribution in [0.25, 0.3) is 0 Å². The summed E-state index contributed by atoms with van der Waals surface area (Å²) in [6, 6.07) is 8.72. The number of ether oxygens (including phenoxy) is 1. The molecule has 1 aliphatic heterocycles. The lowest BCUT2D eigenvalue weighted by molar-refractivity contribution is 0.0638. The lowest BCUT2D eigenvalue weighted by Crippen LogP contribution is -2.31. The van der Waals surface area contributed by atoms with E-state index in [1.807, 2.05) is 0 Å². The van der Waals surface area contributed by atoms with Crippen molar-refractivity contribution in [2.75, 3.05) is 25.6 Å². The highest BCUT2D eigenvalue weighted by Gasteiger charge is 2.35. The smallest absolute Gasteiger partial charge is 0.261 e. The number of carbonyl (C=O) groups excluding carboxylic acids is 3. The second-order valence-corrected chi connectivity index (χ2v) is 6.29. The van der Waals surface area contributed by atoms with E-state index in [4.69, 9.17) is 4.74 Å². The number of carbonyl (C=O) groups is 3. The first-order chi connectivity index (χ1) is 12.9. The van der Waals surface area contributed by atoms with Crippen LogP contribution in [-0.2, 0) is 4.74 Å². The van der Waals surface area contributed by atoms with E-state index in [0.717, 1.165) is 4.90 Å². The summed E-state index contributed by atoms with van der Waals surface area (Å²) in [5.41, 5.74) is 1.47. The zero-order valence-corrected chi connectivity index (χ0v) is 15.0. The van der Waals surface area contributed by atoms with E-state index in [2.05, 4.69) is 5.32 Å². The van der Waals surface area contributed by atoms with Crippen LogP contribution in [0.15, 0.2) is 36.4 Å². The Morgan fingerprint density at radius 2 is 1.85 bits per heavy atom. The van der Waals surface area contributed by atoms with Crippen molar-refractivity contribution in [1.29, 1.82) is 0 Å². The van der Waals surface area contributed by atoms with Crippen LogP contribution in [0.1, 0.15) is 43.1 Å². The molecule has 0 saturated carbocycles. The third kappa shape index (κ3) is 3.73. The zero-order valence-electron chi connectivity index (χ0n) is 15.0. The van der Waals surface area contributed by atoms with Gasteiger partial charge in [-0.1, -0.05) is 6.07 Å². The predicted molar refractivity (Wildman–Crippen MR) is 97.4 cm³/mol. The van der Waals surface area contributed by atoms with Crippen molar-refractivity contribution in [1.82, 2.24) is 4.90 Å². The first kappa shape index (κ1) is 18.7. The third-order valence-corrected chi connectivity index (χ3v) is 4.39. The topological polar surface area (TPSA) is 75.7 Å². The van der Waals surface area contributed by atoms with Crippen LogP contribution in [0.2, 0.25) is 0 Å². The molecule has 2 aromatic rings. The normalized spacial score (nSPS) is 13.1. The zero-order chi connectivity index (χ0) is 19.6. The maximum atomic E-state index is 13.6. The highest BCUT2D eigenvalue weighted by atomic mass is 19.1. The maximum absolute atomic E-state index is 13.6. The third-order valence-electron chi connectivity index (χ3n) is 4.39. The van der Waals surface area contributed by atoms with Crippen molar-refractivity contribution >= 4 is 23.4 Å². The molecule has 1 heterocycles. The average molecular weight is 370 g/mol. The molecule has 27 heavy (non-hydrogen) atoms. The van der Waals surface area contributed by atoms with E-state index < -0.39 is 17.6 Å². The van der Waals surface area contributed by atoms with Crippen LogP contribution in [0, 0.1) is 12.7 Å². The predicted octanol–water partition coefficient (Wildman–Crippen LogP) is 3.02. The van der Waals surface area contributed by atoms with Gasteiger partial charge in [-0.15, -0.1) is 0 Å². The number of hydrogen-bond acceptors (Lipinski definition) is 4.